The van der Waals surface area contributed by atoms with Crippen LogP contribution in [0.2, 0.25) is 0 Å². The Morgan fingerprint density at radius 2 is 2.05 bits per heavy atom. The lowest BCUT2D eigenvalue weighted by Crippen LogP contribution is -2.46. The van der Waals surface area contributed by atoms with E-state index < -0.39 is 45.3 Å². The number of aromatic nitrogens is 1. The number of nitrogens with one attached hydrogen (secondary N) is 1. The van der Waals surface area contributed by atoms with E-state index in [1.54, 1.807) is 0 Å². The second kappa shape index (κ2) is 10.7. The minimum Gasteiger partial charge on any atom is -0.379 e. The highest BCUT2D eigenvalue weighted by atomic mass is 32.2. The van der Waals surface area contributed by atoms with Gasteiger partial charge in [-0.05, 0) is 30.3 Å². The first-order valence-corrected chi connectivity index (χ1v) is 13.3. The van der Waals surface area contributed by atoms with E-state index in [1.807, 2.05) is 6.07 Å². The Morgan fingerprint density at radius 3 is 2.62 bits per heavy atom. The number of hydrogen-bond acceptors (Lipinski definition) is 9. The molecule has 15 heteroatoms. The fourth-order valence-corrected chi connectivity index (χ4v) is 5.02. The van der Waals surface area contributed by atoms with Crippen molar-refractivity contribution in [2.24, 2.45) is 16.6 Å². The largest absolute Gasteiger partial charge is 0.379 e. The predicted molar refractivity (Wildman–Crippen MR) is 130 cm³/mol. The molecule has 3 atom stereocenters. The number of amidine groups is 1. The molecule has 4 rings (SSSR count). The van der Waals surface area contributed by atoms with E-state index in [9.17, 15) is 26.4 Å². The molecule has 198 valence electrons. The SMILES string of the molecule is CC(F)(F)[C@H]1OC[C@]2(c3cc(NC(=O)c4ccc(C#N)cn4)ccc3F)N=C(N)SC[C@H]12.CS(=O)(=O)O. The van der Waals surface area contributed by atoms with Gasteiger partial charge in [0.25, 0.3) is 21.9 Å². The molecule has 4 N–H and O–H groups in total. The number of thioether (sulfide) groups is 1. The molecule has 2 aromatic rings. The van der Waals surface area contributed by atoms with Gasteiger partial charge in [0.15, 0.2) is 5.17 Å². The van der Waals surface area contributed by atoms with Crippen molar-refractivity contribution in [3.05, 3.63) is 59.2 Å². The van der Waals surface area contributed by atoms with E-state index >= 15 is 0 Å². The highest BCUT2D eigenvalue weighted by molar-refractivity contribution is 8.13. The smallest absolute Gasteiger partial charge is 0.274 e. The van der Waals surface area contributed by atoms with Crippen LogP contribution in [0.25, 0.3) is 0 Å². The number of aliphatic imine (C=N–C) groups is 1. The van der Waals surface area contributed by atoms with Crippen molar-refractivity contribution in [3.63, 3.8) is 0 Å². The molecule has 10 nitrogen and oxygen atoms in total. The van der Waals surface area contributed by atoms with E-state index in [0.29, 0.717) is 11.8 Å². The molecule has 1 amide bonds. The topological polar surface area (TPSA) is 168 Å². The van der Waals surface area contributed by atoms with Gasteiger partial charge >= 0.3 is 0 Å². The highest BCUT2D eigenvalue weighted by Crippen LogP contribution is 2.51. The lowest BCUT2D eigenvalue weighted by molar-refractivity contribution is -0.113. The van der Waals surface area contributed by atoms with E-state index in [2.05, 4.69) is 15.3 Å². The van der Waals surface area contributed by atoms with Gasteiger partial charge in [-0.2, -0.15) is 13.7 Å². The van der Waals surface area contributed by atoms with Crippen LogP contribution in [0.5, 0.6) is 0 Å². The summed E-state index contributed by atoms with van der Waals surface area (Å²) in [5.41, 5.74) is 5.04. The van der Waals surface area contributed by atoms with Crippen molar-refractivity contribution < 1.29 is 35.7 Å². The van der Waals surface area contributed by atoms with Gasteiger partial charge in [0.1, 0.15) is 29.2 Å². The number of hydrogen-bond donors (Lipinski definition) is 3. The Labute approximate surface area is 214 Å². The fraction of sp³-hybridized carbons (Fsp3) is 0.364. The average Bonchev–Trinajstić information content (AvgIpc) is 3.19. The number of carbonyl (C=O) groups excluding carboxylic acids is 1. The third kappa shape index (κ3) is 6.77. The number of anilines is 1. The van der Waals surface area contributed by atoms with Crippen LogP contribution in [0.15, 0.2) is 41.5 Å². The first-order valence-electron chi connectivity index (χ1n) is 10.5. The summed E-state index contributed by atoms with van der Waals surface area (Å²) >= 11 is 1.12. The number of halogens is 3. The summed E-state index contributed by atoms with van der Waals surface area (Å²) < 4.78 is 74.6. The van der Waals surface area contributed by atoms with E-state index in [-0.39, 0.29) is 34.5 Å². The van der Waals surface area contributed by atoms with Crippen molar-refractivity contribution >= 4 is 38.6 Å². The highest BCUT2D eigenvalue weighted by Gasteiger charge is 2.59. The van der Waals surface area contributed by atoms with Crippen LogP contribution in [0.4, 0.5) is 18.9 Å². The molecule has 3 heterocycles. The van der Waals surface area contributed by atoms with Crippen LogP contribution in [-0.4, -0.2) is 59.7 Å². The van der Waals surface area contributed by atoms with Gasteiger partial charge in [-0.3, -0.25) is 9.35 Å². The van der Waals surface area contributed by atoms with Gasteiger partial charge in [-0.15, -0.1) is 0 Å². The maximum atomic E-state index is 15.0. The second-order valence-electron chi connectivity index (χ2n) is 8.41. The third-order valence-corrected chi connectivity index (χ3v) is 6.41. The third-order valence-electron chi connectivity index (χ3n) is 5.50. The summed E-state index contributed by atoms with van der Waals surface area (Å²) in [6, 6.07) is 8.57. The number of nitriles is 1. The Balaban J connectivity index is 0.000000695. The van der Waals surface area contributed by atoms with Crippen molar-refractivity contribution in [1.82, 2.24) is 4.98 Å². The first-order chi connectivity index (χ1) is 17.1. The normalized spacial score (nSPS) is 23.1. The molecule has 0 saturated carbocycles. The van der Waals surface area contributed by atoms with Crippen LogP contribution in [0.1, 0.15) is 28.5 Å². The number of nitrogens with two attached hydrogens (primary N) is 1. The van der Waals surface area contributed by atoms with Crippen molar-refractivity contribution in [3.8, 4) is 6.07 Å². The lowest BCUT2D eigenvalue weighted by Gasteiger charge is -2.37. The Morgan fingerprint density at radius 1 is 1.38 bits per heavy atom. The molecule has 0 unspecified atom stereocenters. The Hall–Kier alpha value is -3.19. The van der Waals surface area contributed by atoms with Gasteiger partial charge in [0.05, 0.1) is 18.4 Å². The number of fused-ring (bicyclic) bond motifs is 1. The van der Waals surface area contributed by atoms with Crippen LogP contribution in [-0.2, 0) is 20.4 Å². The number of benzene rings is 1. The summed E-state index contributed by atoms with van der Waals surface area (Å²) in [4.78, 5) is 20.8. The number of carbonyl (C=O) groups is 1. The number of ether oxygens (including phenoxy) is 1. The van der Waals surface area contributed by atoms with E-state index in [1.165, 1.54) is 30.5 Å². The molecule has 0 spiro atoms. The van der Waals surface area contributed by atoms with Crippen LogP contribution in [0, 0.1) is 23.1 Å². The predicted octanol–water partition coefficient (Wildman–Crippen LogP) is 2.78. The quantitative estimate of drug-likeness (QED) is 0.479. The van der Waals surface area contributed by atoms with Crippen molar-refractivity contribution in [2.75, 3.05) is 23.9 Å². The molecule has 0 aliphatic carbocycles. The fourth-order valence-electron chi connectivity index (χ4n) is 4.00. The summed E-state index contributed by atoms with van der Waals surface area (Å²) in [7, 11) is -3.67. The standard InChI is InChI=1S/C21H18F3N5O2S.CH4O3S/c1-20(23,24)17-14-9-32-19(26)29-21(14,10-31-17)13-6-12(3-4-15(13)22)28-18(30)16-5-2-11(7-25)8-27-16;1-5(2,3)4/h2-6,8,14,17H,9-10H2,1H3,(H2,26,29)(H,28,30);1H3,(H,2,3,4)/t14-,17+,21-;/m1./s1. The molecule has 1 aromatic carbocycles. The molecule has 0 bridgehead atoms. The Bertz CT molecular complexity index is 1350. The minimum atomic E-state index is -3.67. The summed E-state index contributed by atoms with van der Waals surface area (Å²) in [5, 5.41) is 11.6. The van der Waals surface area contributed by atoms with Crippen LogP contribution < -0.4 is 11.1 Å². The Kier molecular flexibility index (Phi) is 8.18. The van der Waals surface area contributed by atoms with Crippen LogP contribution in [0.3, 0.4) is 0 Å². The van der Waals surface area contributed by atoms with E-state index in [0.717, 1.165) is 24.8 Å². The van der Waals surface area contributed by atoms with Crippen molar-refractivity contribution in [2.45, 2.75) is 24.5 Å². The number of alkyl halides is 2. The summed E-state index contributed by atoms with van der Waals surface area (Å²) in [6.07, 6.45) is 0.520. The molecule has 2 aliphatic rings. The second-order valence-corrected chi connectivity index (χ2v) is 10.9. The van der Waals surface area contributed by atoms with E-state index in [4.69, 9.17) is 20.3 Å². The average molecular weight is 558 g/mol. The molecule has 1 aromatic heterocycles. The molecule has 1 fully saturated rings. The number of amides is 1. The zero-order chi connectivity index (χ0) is 27.6. The number of pyridine rings is 1. The van der Waals surface area contributed by atoms with Gasteiger partial charge in [-0.25, -0.2) is 23.1 Å². The maximum Gasteiger partial charge on any atom is 0.274 e. The molecular formula is C22H22F3N5O5S2. The lowest BCUT2D eigenvalue weighted by atomic mass is 9.77. The molecule has 0 radical (unpaired) electrons. The van der Waals surface area contributed by atoms with Gasteiger partial charge in [0.2, 0.25) is 0 Å². The molecule has 2 aliphatic heterocycles. The molecular weight excluding hydrogens is 535 g/mol. The number of rotatable bonds is 4. The monoisotopic (exact) mass is 557 g/mol. The van der Waals surface area contributed by atoms with Crippen LogP contribution >= 0.6 is 11.8 Å². The zero-order valence-electron chi connectivity index (χ0n) is 19.5. The summed E-state index contributed by atoms with van der Waals surface area (Å²) in [6.45, 7) is 0.496. The zero-order valence-corrected chi connectivity index (χ0v) is 21.1. The number of nitrogens with zero attached hydrogens (tertiary/aromatic N) is 3. The minimum absolute atomic E-state index is 0.0167. The summed E-state index contributed by atoms with van der Waals surface area (Å²) in [5.74, 6) is -5.03. The maximum absolute atomic E-state index is 15.0. The van der Waals surface area contributed by atoms with Gasteiger partial charge in [0, 0.05) is 36.0 Å². The van der Waals surface area contributed by atoms with Gasteiger partial charge in [-0.1, -0.05) is 11.8 Å². The molecule has 1 saturated heterocycles. The van der Waals surface area contributed by atoms with Crippen molar-refractivity contribution in [1.29, 1.82) is 5.26 Å². The first kappa shape index (κ1) is 28.4. The van der Waals surface area contributed by atoms with Gasteiger partial charge < -0.3 is 15.8 Å². The molecule has 37 heavy (non-hydrogen) atoms.